The number of aromatic nitrogens is 1. The van der Waals surface area contributed by atoms with E-state index in [1.165, 1.54) is 13.0 Å². The Bertz CT molecular complexity index is 656. The molecule has 0 unspecified atom stereocenters. The number of nitrogens with zero attached hydrogens (tertiary/aromatic N) is 1. The topological polar surface area (TPSA) is 22.0 Å². The first-order chi connectivity index (χ1) is 9.21. The molecule has 1 aromatic heterocycles. The third-order valence-corrected chi connectivity index (χ3v) is 3.55. The normalized spacial score (nSPS) is 11.7. The van der Waals surface area contributed by atoms with Gasteiger partial charge in [0, 0.05) is 27.1 Å². The number of Topliss-reactive ketones (excluding diaryl/α,β-unsaturated/α-hetero) is 1. The Morgan fingerprint density at radius 3 is 2.20 bits per heavy atom. The van der Waals surface area contributed by atoms with Gasteiger partial charge in [0.15, 0.2) is 0 Å². The van der Waals surface area contributed by atoms with Crippen molar-refractivity contribution in [3.63, 3.8) is 0 Å². The van der Waals surface area contributed by atoms with Crippen molar-refractivity contribution in [1.29, 1.82) is 0 Å². The van der Waals surface area contributed by atoms with E-state index in [4.69, 9.17) is 0 Å². The summed E-state index contributed by atoms with van der Waals surface area (Å²) in [5.41, 5.74) is 1.27. The lowest BCUT2D eigenvalue weighted by atomic mass is 10.1. The van der Waals surface area contributed by atoms with Crippen molar-refractivity contribution in [3.05, 3.63) is 51.8 Å². The molecular weight excluding hydrogens is 335 g/mol. The predicted octanol–water partition coefficient (Wildman–Crippen LogP) is 4.60. The number of halogens is 4. The molecule has 0 spiro atoms. The van der Waals surface area contributed by atoms with Crippen LogP contribution in [0, 0.1) is 13.8 Å². The minimum atomic E-state index is -4.86. The molecule has 0 atom stereocenters. The summed E-state index contributed by atoms with van der Waals surface area (Å²) in [6.45, 7) is 3.18. The summed E-state index contributed by atoms with van der Waals surface area (Å²) >= 11 is 3.30. The van der Waals surface area contributed by atoms with Crippen LogP contribution in [-0.2, 0) is 0 Å². The number of aryl methyl sites for hydroxylation is 1. The maximum Gasteiger partial charge on any atom is 0.454 e. The molecule has 0 saturated heterocycles. The van der Waals surface area contributed by atoms with Crippen molar-refractivity contribution in [2.75, 3.05) is 0 Å². The molecule has 0 aliphatic rings. The fourth-order valence-corrected chi connectivity index (χ4v) is 2.40. The Morgan fingerprint density at radius 1 is 1.15 bits per heavy atom. The summed E-state index contributed by atoms with van der Waals surface area (Å²) in [7, 11) is 0. The zero-order valence-corrected chi connectivity index (χ0v) is 12.3. The van der Waals surface area contributed by atoms with E-state index in [2.05, 4.69) is 15.9 Å². The lowest BCUT2D eigenvalue weighted by Gasteiger charge is -2.10. The maximum absolute atomic E-state index is 12.5. The van der Waals surface area contributed by atoms with Gasteiger partial charge in [-0.1, -0.05) is 15.9 Å². The van der Waals surface area contributed by atoms with E-state index in [9.17, 15) is 18.0 Å². The molecule has 1 heterocycles. The van der Waals surface area contributed by atoms with Gasteiger partial charge in [-0.25, -0.2) is 0 Å². The van der Waals surface area contributed by atoms with E-state index >= 15 is 0 Å². The van der Waals surface area contributed by atoms with Gasteiger partial charge in [0.1, 0.15) is 0 Å². The van der Waals surface area contributed by atoms with Crippen LogP contribution < -0.4 is 0 Å². The largest absolute Gasteiger partial charge is 0.454 e. The Balaban J connectivity index is 2.55. The molecule has 0 amide bonds. The maximum atomic E-state index is 12.5. The van der Waals surface area contributed by atoms with Crippen LogP contribution in [0.3, 0.4) is 0 Å². The molecule has 2 aromatic rings. The molecule has 6 heteroatoms. The van der Waals surface area contributed by atoms with Crippen LogP contribution >= 0.6 is 15.9 Å². The highest BCUT2D eigenvalue weighted by atomic mass is 79.9. The quantitative estimate of drug-likeness (QED) is 0.729. The van der Waals surface area contributed by atoms with Crippen LogP contribution in [-0.4, -0.2) is 16.5 Å². The van der Waals surface area contributed by atoms with Gasteiger partial charge in [-0.3, -0.25) is 4.79 Å². The highest BCUT2D eigenvalue weighted by Gasteiger charge is 2.41. The number of carbonyl (C=O) groups excluding carboxylic acids is 1. The fourth-order valence-electron chi connectivity index (χ4n) is 2.13. The summed E-state index contributed by atoms with van der Waals surface area (Å²) in [5.74, 6) is -1.81. The minimum Gasteiger partial charge on any atom is -0.318 e. The standard InChI is InChI=1S/C14H11BrF3NO/c1-8-7-12(13(20)14(16,17)18)9(2)19(8)11-5-3-10(15)4-6-11/h3-7H,1-2H3. The third kappa shape index (κ3) is 2.65. The molecule has 0 N–H and O–H groups in total. The third-order valence-electron chi connectivity index (χ3n) is 3.02. The van der Waals surface area contributed by atoms with Crippen molar-refractivity contribution in [3.8, 4) is 5.69 Å². The molecule has 0 saturated carbocycles. The van der Waals surface area contributed by atoms with Gasteiger partial charge in [0.2, 0.25) is 0 Å². The highest BCUT2D eigenvalue weighted by Crippen LogP contribution is 2.28. The molecular formula is C14H11BrF3NO. The van der Waals surface area contributed by atoms with Gasteiger partial charge in [-0.05, 0) is 44.2 Å². The Morgan fingerprint density at radius 2 is 1.70 bits per heavy atom. The van der Waals surface area contributed by atoms with Gasteiger partial charge in [-0.15, -0.1) is 0 Å². The van der Waals surface area contributed by atoms with Crippen LogP contribution in [0.5, 0.6) is 0 Å². The van der Waals surface area contributed by atoms with Crippen LogP contribution in [0.15, 0.2) is 34.8 Å². The number of rotatable bonds is 2. The molecule has 2 rings (SSSR count). The Labute approximate surface area is 122 Å². The summed E-state index contributed by atoms with van der Waals surface area (Å²) in [6, 6.07) is 8.39. The molecule has 0 aliphatic carbocycles. The van der Waals surface area contributed by atoms with Crippen LogP contribution in [0.25, 0.3) is 5.69 Å². The number of hydrogen-bond donors (Lipinski definition) is 0. The van der Waals surface area contributed by atoms with E-state index in [1.807, 2.05) is 0 Å². The Kier molecular flexibility index (Phi) is 3.77. The highest BCUT2D eigenvalue weighted by molar-refractivity contribution is 9.10. The average molecular weight is 346 g/mol. The predicted molar refractivity (Wildman–Crippen MR) is 73.3 cm³/mol. The molecule has 0 bridgehead atoms. The van der Waals surface area contributed by atoms with Crippen molar-refractivity contribution >= 4 is 21.7 Å². The summed E-state index contributed by atoms with van der Waals surface area (Å²) in [6.07, 6.45) is -4.86. The zero-order valence-electron chi connectivity index (χ0n) is 10.8. The smallest absolute Gasteiger partial charge is 0.318 e. The van der Waals surface area contributed by atoms with Crippen molar-refractivity contribution in [2.45, 2.75) is 20.0 Å². The van der Waals surface area contributed by atoms with Crippen LogP contribution in [0.1, 0.15) is 21.7 Å². The molecule has 1 aromatic carbocycles. The molecule has 0 aliphatic heterocycles. The second-order valence-electron chi connectivity index (χ2n) is 4.42. The van der Waals surface area contributed by atoms with Gasteiger partial charge >= 0.3 is 6.18 Å². The first kappa shape index (κ1) is 14.8. The summed E-state index contributed by atoms with van der Waals surface area (Å²) in [4.78, 5) is 11.4. The van der Waals surface area contributed by atoms with Crippen LogP contribution in [0.4, 0.5) is 13.2 Å². The average Bonchev–Trinajstić information content (AvgIpc) is 2.64. The molecule has 0 radical (unpaired) electrons. The monoisotopic (exact) mass is 345 g/mol. The fraction of sp³-hybridized carbons (Fsp3) is 0.214. The number of alkyl halides is 3. The van der Waals surface area contributed by atoms with Gasteiger partial charge in [0.25, 0.3) is 5.78 Å². The first-order valence-corrected chi connectivity index (χ1v) is 6.57. The van der Waals surface area contributed by atoms with Crippen molar-refractivity contribution < 1.29 is 18.0 Å². The van der Waals surface area contributed by atoms with Gasteiger partial charge in [0.05, 0.1) is 0 Å². The molecule has 20 heavy (non-hydrogen) atoms. The van der Waals surface area contributed by atoms with E-state index < -0.39 is 12.0 Å². The lowest BCUT2D eigenvalue weighted by molar-refractivity contribution is -0.0885. The number of benzene rings is 1. The van der Waals surface area contributed by atoms with E-state index in [1.54, 1.807) is 35.8 Å². The summed E-state index contributed by atoms with van der Waals surface area (Å²) in [5, 5.41) is 0. The van der Waals surface area contributed by atoms with E-state index in [-0.39, 0.29) is 11.3 Å². The van der Waals surface area contributed by atoms with E-state index in [0.29, 0.717) is 11.4 Å². The SMILES string of the molecule is Cc1cc(C(=O)C(F)(F)F)c(C)n1-c1ccc(Br)cc1. The molecule has 2 nitrogen and oxygen atoms in total. The lowest BCUT2D eigenvalue weighted by Crippen LogP contribution is -2.23. The minimum absolute atomic E-state index is 0.284. The second kappa shape index (κ2) is 5.09. The summed E-state index contributed by atoms with van der Waals surface area (Å²) < 4.78 is 40.1. The molecule has 0 fully saturated rings. The van der Waals surface area contributed by atoms with Crippen molar-refractivity contribution in [1.82, 2.24) is 4.57 Å². The van der Waals surface area contributed by atoms with Crippen molar-refractivity contribution in [2.24, 2.45) is 0 Å². The zero-order chi connectivity index (χ0) is 15.1. The van der Waals surface area contributed by atoms with Gasteiger partial charge in [-0.2, -0.15) is 13.2 Å². The number of ketones is 1. The van der Waals surface area contributed by atoms with Crippen LogP contribution in [0.2, 0.25) is 0 Å². The number of carbonyl (C=O) groups is 1. The number of hydrogen-bond acceptors (Lipinski definition) is 1. The molecule has 106 valence electrons. The second-order valence-corrected chi connectivity index (χ2v) is 5.34. The first-order valence-electron chi connectivity index (χ1n) is 5.78. The van der Waals surface area contributed by atoms with E-state index in [0.717, 1.165) is 4.47 Å². The van der Waals surface area contributed by atoms with Gasteiger partial charge < -0.3 is 4.57 Å². The Hall–Kier alpha value is -1.56.